The molecule has 0 fully saturated rings. The van der Waals surface area contributed by atoms with Crippen molar-refractivity contribution in [3.8, 4) is 0 Å². The average molecular weight is 473 g/mol. The third kappa shape index (κ3) is 4.30. The number of nitrogens with zero attached hydrogens (tertiary/aromatic N) is 1. The van der Waals surface area contributed by atoms with Crippen molar-refractivity contribution in [2.24, 2.45) is 5.10 Å². The zero-order chi connectivity index (χ0) is 24.5. The molecule has 0 atom stereocenters. The van der Waals surface area contributed by atoms with E-state index in [0.29, 0.717) is 47.1 Å². The highest BCUT2D eigenvalue weighted by Crippen LogP contribution is 2.30. The number of anilines is 1. The summed E-state index contributed by atoms with van der Waals surface area (Å²) in [6.45, 7) is 1.71. The van der Waals surface area contributed by atoms with E-state index in [2.05, 4.69) is 15.8 Å². The number of aryl methyl sites for hydroxylation is 1. The monoisotopic (exact) mass is 473 g/mol. The first-order chi connectivity index (χ1) is 16.9. The van der Waals surface area contributed by atoms with Gasteiger partial charge in [0.05, 0.1) is 11.4 Å². The number of furan rings is 1. The van der Waals surface area contributed by atoms with Gasteiger partial charge in [-0.05, 0) is 48.7 Å². The molecule has 8 heteroatoms. The van der Waals surface area contributed by atoms with Crippen LogP contribution in [0.4, 0.5) is 14.5 Å². The molecule has 35 heavy (non-hydrogen) atoms. The average Bonchev–Trinajstić information content (AvgIpc) is 3.21. The van der Waals surface area contributed by atoms with Gasteiger partial charge in [0.25, 0.3) is 11.8 Å². The first kappa shape index (κ1) is 22.5. The van der Waals surface area contributed by atoms with Crippen LogP contribution >= 0.6 is 0 Å². The summed E-state index contributed by atoms with van der Waals surface area (Å²) in [7, 11) is 0. The molecule has 1 aromatic heterocycles. The SMILES string of the molecule is Cc1c(C(=O)Nc2ccc(F)cc2F)oc2c1/C(=N/NC(=O)c1cccc3ccccc13)CCC2. The fraction of sp³-hybridized carbons (Fsp3) is 0.148. The summed E-state index contributed by atoms with van der Waals surface area (Å²) in [6, 6.07) is 16.0. The number of carbonyl (C=O) groups is 2. The van der Waals surface area contributed by atoms with E-state index in [1.807, 2.05) is 36.4 Å². The molecule has 0 radical (unpaired) electrons. The summed E-state index contributed by atoms with van der Waals surface area (Å²) in [5.41, 5.74) is 4.81. The summed E-state index contributed by atoms with van der Waals surface area (Å²) in [5.74, 6) is -2.01. The second-order valence-electron chi connectivity index (χ2n) is 8.31. The lowest BCUT2D eigenvalue weighted by molar-refractivity contribution is 0.0955. The lowest BCUT2D eigenvalue weighted by Crippen LogP contribution is -2.22. The van der Waals surface area contributed by atoms with E-state index in [4.69, 9.17) is 4.42 Å². The molecular weight excluding hydrogens is 452 g/mol. The van der Waals surface area contributed by atoms with E-state index in [9.17, 15) is 18.4 Å². The van der Waals surface area contributed by atoms with Gasteiger partial charge >= 0.3 is 0 Å². The van der Waals surface area contributed by atoms with Gasteiger partial charge < -0.3 is 9.73 Å². The highest BCUT2D eigenvalue weighted by Gasteiger charge is 2.28. The minimum Gasteiger partial charge on any atom is -0.455 e. The molecule has 0 saturated heterocycles. The van der Waals surface area contributed by atoms with Gasteiger partial charge in [0.15, 0.2) is 5.76 Å². The van der Waals surface area contributed by atoms with Crippen LogP contribution < -0.4 is 10.7 Å². The second-order valence-corrected chi connectivity index (χ2v) is 8.31. The van der Waals surface area contributed by atoms with E-state index in [0.717, 1.165) is 29.3 Å². The maximum Gasteiger partial charge on any atom is 0.291 e. The lowest BCUT2D eigenvalue weighted by atomic mass is 9.93. The third-order valence-electron chi connectivity index (χ3n) is 6.04. The molecular formula is C27H21F2N3O3. The maximum atomic E-state index is 14.0. The molecule has 4 aromatic rings. The Morgan fingerprint density at radius 3 is 2.60 bits per heavy atom. The Labute approximate surface area is 199 Å². The highest BCUT2D eigenvalue weighted by atomic mass is 19.1. The molecule has 3 aromatic carbocycles. The van der Waals surface area contributed by atoms with Crippen molar-refractivity contribution in [1.29, 1.82) is 0 Å². The Bertz CT molecular complexity index is 1500. The quantitative estimate of drug-likeness (QED) is 0.371. The van der Waals surface area contributed by atoms with Gasteiger partial charge in [0.1, 0.15) is 17.4 Å². The zero-order valence-corrected chi connectivity index (χ0v) is 18.8. The summed E-state index contributed by atoms with van der Waals surface area (Å²) < 4.78 is 33.0. The predicted molar refractivity (Wildman–Crippen MR) is 129 cm³/mol. The normalized spacial score (nSPS) is 14.1. The first-order valence-electron chi connectivity index (χ1n) is 11.2. The number of hydrazone groups is 1. The molecule has 5 rings (SSSR count). The van der Waals surface area contributed by atoms with Crippen LogP contribution in [0.1, 0.15) is 50.6 Å². The number of fused-ring (bicyclic) bond motifs is 2. The summed E-state index contributed by atoms with van der Waals surface area (Å²) >= 11 is 0. The fourth-order valence-electron chi connectivity index (χ4n) is 4.37. The number of amides is 2. The van der Waals surface area contributed by atoms with E-state index in [-0.39, 0.29) is 17.4 Å². The van der Waals surface area contributed by atoms with Crippen molar-refractivity contribution in [1.82, 2.24) is 5.43 Å². The molecule has 1 aliphatic carbocycles. The van der Waals surface area contributed by atoms with Gasteiger partial charge in [-0.2, -0.15) is 5.10 Å². The number of hydrogen-bond acceptors (Lipinski definition) is 4. The van der Waals surface area contributed by atoms with Crippen molar-refractivity contribution in [2.45, 2.75) is 26.2 Å². The molecule has 176 valence electrons. The van der Waals surface area contributed by atoms with E-state index >= 15 is 0 Å². The Hall–Kier alpha value is -4.33. The Balaban J connectivity index is 1.41. The molecule has 0 bridgehead atoms. The van der Waals surface area contributed by atoms with Crippen molar-refractivity contribution in [3.63, 3.8) is 0 Å². The van der Waals surface area contributed by atoms with Crippen LogP contribution in [0, 0.1) is 18.6 Å². The number of rotatable bonds is 4. The van der Waals surface area contributed by atoms with Crippen molar-refractivity contribution >= 4 is 34.0 Å². The van der Waals surface area contributed by atoms with E-state index < -0.39 is 17.5 Å². The summed E-state index contributed by atoms with van der Waals surface area (Å²) in [6.07, 6.45) is 1.93. The fourth-order valence-corrected chi connectivity index (χ4v) is 4.37. The molecule has 2 amide bonds. The Morgan fingerprint density at radius 1 is 0.971 bits per heavy atom. The van der Waals surface area contributed by atoms with Crippen LogP contribution in [0.15, 0.2) is 70.2 Å². The highest BCUT2D eigenvalue weighted by molar-refractivity contribution is 6.11. The summed E-state index contributed by atoms with van der Waals surface area (Å²) in [4.78, 5) is 25.7. The van der Waals surface area contributed by atoms with Gasteiger partial charge in [0.2, 0.25) is 0 Å². The van der Waals surface area contributed by atoms with Crippen molar-refractivity contribution in [3.05, 3.63) is 101 Å². The van der Waals surface area contributed by atoms with Gasteiger partial charge in [0, 0.05) is 29.2 Å². The predicted octanol–water partition coefficient (Wildman–Crippen LogP) is 5.74. The first-order valence-corrected chi connectivity index (χ1v) is 11.2. The molecule has 6 nitrogen and oxygen atoms in total. The van der Waals surface area contributed by atoms with Crippen LogP contribution in [-0.2, 0) is 6.42 Å². The van der Waals surface area contributed by atoms with Crippen molar-refractivity contribution in [2.75, 3.05) is 5.32 Å². The Kier molecular flexibility index (Phi) is 5.86. The minimum atomic E-state index is -0.884. The van der Waals surface area contributed by atoms with Gasteiger partial charge in [-0.3, -0.25) is 9.59 Å². The van der Waals surface area contributed by atoms with Crippen LogP contribution in [0.2, 0.25) is 0 Å². The largest absolute Gasteiger partial charge is 0.455 e. The number of nitrogens with one attached hydrogen (secondary N) is 2. The standard InChI is InChI=1S/C27H21F2N3O3/c1-15-24-22(31-32-26(33)19-9-4-7-16-6-2-3-8-18(16)19)10-5-11-23(24)35-25(15)27(34)30-21-13-12-17(28)14-20(21)29/h2-4,6-9,12-14H,5,10-11H2,1H3,(H,30,34)(H,32,33)/b31-22+. The molecule has 0 spiro atoms. The number of benzene rings is 3. The molecule has 1 heterocycles. The molecule has 0 unspecified atom stereocenters. The topological polar surface area (TPSA) is 83.7 Å². The smallest absolute Gasteiger partial charge is 0.291 e. The molecule has 0 aliphatic heterocycles. The van der Waals surface area contributed by atoms with Crippen LogP contribution in [0.3, 0.4) is 0 Å². The van der Waals surface area contributed by atoms with Crippen LogP contribution in [0.5, 0.6) is 0 Å². The number of carbonyl (C=O) groups excluding carboxylic acids is 2. The number of halogens is 2. The van der Waals surface area contributed by atoms with E-state index in [1.54, 1.807) is 13.0 Å². The summed E-state index contributed by atoms with van der Waals surface area (Å²) in [5, 5.41) is 8.57. The second kappa shape index (κ2) is 9.13. The molecule has 1 aliphatic rings. The lowest BCUT2D eigenvalue weighted by Gasteiger charge is -2.13. The van der Waals surface area contributed by atoms with Crippen LogP contribution in [0.25, 0.3) is 10.8 Å². The number of hydrogen-bond donors (Lipinski definition) is 2. The molecule has 2 N–H and O–H groups in total. The minimum absolute atomic E-state index is 0.0219. The van der Waals surface area contributed by atoms with Gasteiger partial charge in [-0.1, -0.05) is 36.4 Å². The van der Waals surface area contributed by atoms with Gasteiger partial charge in [-0.15, -0.1) is 0 Å². The third-order valence-corrected chi connectivity index (χ3v) is 6.04. The van der Waals surface area contributed by atoms with Crippen molar-refractivity contribution < 1.29 is 22.8 Å². The van der Waals surface area contributed by atoms with Gasteiger partial charge in [-0.25, -0.2) is 14.2 Å². The molecule has 0 saturated carbocycles. The zero-order valence-electron chi connectivity index (χ0n) is 18.8. The maximum absolute atomic E-state index is 14.0. The van der Waals surface area contributed by atoms with Crippen LogP contribution in [-0.4, -0.2) is 17.5 Å². The Morgan fingerprint density at radius 2 is 1.77 bits per heavy atom. The van der Waals surface area contributed by atoms with E-state index in [1.165, 1.54) is 0 Å².